The van der Waals surface area contributed by atoms with Crippen molar-refractivity contribution in [3.8, 4) is 0 Å². The molecule has 16 heavy (non-hydrogen) atoms. The second kappa shape index (κ2) is 3.35. The molecular formula is C12H14N2O2. The summed E-state index contributed by atoms with van der Waals surface area (Å²) in [7, 11) is 6.19. The number of fused-ring (bicyclic) bond motifs is 1. The molecule has 0 spiro atoms. The summed E-state index contributed by atoms with van der Waals surface area (Å²) in [6, 6.07) is 7.46. The van der Waals surface area contributed by atoms with Crippen LogP contribution in [-0.2, 0) is 0 Å². The monoisotopic (exact) mass is 218 g/mol. The van der Waals surface area contributed by atoms with Gasteiger partial charge in [0.15, 0.2) is 0 Å². The summed E-state index contributed by atoms with van der Waals surface area (Å²) in [4.78, 5) is 13.5. The summed E-state index contributed by atoms with van der Waals surface area (Å²) in [6.07, 6.45) is 0. The third-order valence-corrected chi connectivity index (χ3v) is 2.60. The molecule has 1 N–H and O–H groups in total. The molecule has 0 saturated carbocycles. The molecule has 0 saturated heterocycles. The van der Waals surface area contributed by atoms with E-state index in [2.05, 4.69) is 26.1 Å². The molecule has 0 atom stereocenters. The van der Waals surface area contributed by atoms with Gasteiger partial charge in [-0.15, -0.1) is 0 Å². The van der Waals surface area contributed by atoms with Crippen LogP contribution in [0.4, 0.5) is 5.69 Å². The van der Waals surface area contributed by atoms with Gasteiger partial charge in [-0.3, -0.25) is 4.48 Å². The van der Waals surface area contributed by atoms with Gasteiger partial charge in [0, 0.05) is 23.0 Å². The zero-order valence-electron chi connectivity index (χ0n) is 9.57. The van der Waals surface area contributed by atoms with Crippen molar-refractivity contribution in [2.24, 2.45) is 0 Å². The summed E-state index contributed by atoms with van der Waals surface area (Å²) in [6.45, 7) is 0. The molecule has 2 aromatic rings. The molecule has 0 aliphatic rings. The van der Waals surface area contributed by atoms with Crippen molar-refractivity contribution < 1.29 is 9.90 Å². The molecule has 0 amide bonds. The number of nitrogens with zero attached hydrogens (tertiary/aromatic N) is 1. The van der Waals surface area contributed by atoms with Crippen LogP contribution in [-0.4, -0.2) is 32.1 Å². The zero-order chi connectivity index (χ0) is 11.9. The number of quaternary nitrogens is 1. The van der Waals surface area contributed by atoms with Gasteiger partial charge >= 0.3 is 0 Å². The van der Waals surface area contributed by atoms with Crippen LogP contribution < -0.4 is 9.59 Å². The van der Waals surface area contributed by atoms with E-state index in [4.69, 9.17) is 0 Å². The molecule has 84 valence electrons. The number of carboxylic acid groups (broad SMARTS) is 1. The minimum atomic E-state index is -1.18. The number of carboxylic acids is 1. The van der Waals surface area contributed by atoms with Gasteiger partial charge in [-0.25, -0.2) is 0 Å². The molecular weight excluding hydrogens is 204 g/mol. The lowest BCUT2D eigenvalue weighted by atomic mass is 10.2. The number of hydrogen-bond acceptors (Lipinski definition) is 2. The Labute approximate surface area is 93.7 Å². The topological polar surface area (TPSA) is 55.9 Å². The van der Waals surface area contributed by atoms with Crippen molar-refractivity contribution in [2.45, 2.75) is 0 Å². The Morgan fingerprint density at radius 1 is 1.25 bits per heavy atom. The van der Waals surface area contributed by atoms with E-state index in [0.29, 0.717) is 4.48 Å². The van der Waals surface area contributed by atoms with Gasteiger partial charge < -0.3 is 14.9 Å². The van der Waals surface area contributed by atoms with Crippen LogP contribution in [0.5, 0.6) is 0 Å². The van der Waals surface area contributed by atoms with Crippen LogP contribution in [0, 0.1) is 0 Å². The molecule has 1 heterocycles. The molecule has 4 nitrogen and oxygen atoms in total. The van der Waals surface area contributed by atoms with Gasteiger partial charge in [0.05, 0.1) is 32.8 Å². The normalized spacial score (nSPS) is 11.9. The molecule has 0 radical (unpaired) electrons. The first-order chi connectivity index (χ1) is 7.38. The van der Waals surface area contributed by atoms with Gasteiger partial charge in [-0.1, -0.05) is 0 Å². The van der Waals surface area contributed by atoms with Gasteiger partial charge in [0.1, 0.15) is 5.69 Å². The third-order valence-electron chi connectivity index (χ3n) is 2.60. The van der Waals surface area contributed by atoms with Crippen molar-refractivity contribution in [2.75, 3.05) is 21.1 Å². The Hall–Kier alpha value is -1.81. The van der Waals surface area contributed by atoms with Crippen LogP contribution >= 0.6 is 0 Å². The molecule has 1 aromatic heterocycles. The number of hydrogen-bond donors (Lipinski definition) is 1. The highest BCUT2D eigenvalue weighted by Gasteiger charge is 2.13. The second-order valence-electron chi connectivity index (χ2n) is 4.75. The average Bonchev–Trinajstić information content (AvgIpc) is 2.58. The lowest BCUT2D eigenvalue weighted by Gasteiger charge is -2.23. The predicted molar refractivity (Wildman–Crippen MR) is 62.2 cm³/mol. The van der Waals surface area contributed by atoms with Crippen LogP contribution in [0.3, 0.4) is 0 Å². The van der Waals surface area contributed by atoms with Crippen LogP contribution in [0.2, 0.25) is 0 Å². The number of aromatic nitrogens is 1. The molecule has 0 unspecified atom stereocenters. The van der Waals surface area contributed by atoms with Gasteiger partial charge in [-0.05, 0) is 12.1 Å². The van der Waals surface area contributed by atoms with Gasteiger partial charge in [0.2, 0.25) is 0 Å². The Morgan fingerprint density at radius 3 is 2.50 bits per heavy atom. The third kappa shape index (κ3) is 1.79. The van der Waals surface area contributed by atoms with Crippen molar-refractivity contribution in [3.63, 3.8) is 0 Å². The first kappa shape index (κ1) is 10.7. The largest absolute Gasteiger partial charge is 0.543 e. The standard InChI is InChI=1S/C12H14N2O2/c1-14(2,3)9-4-5-10-8(6-9)7-11(13-10)12(15)16/h4-7,13H,1-3H3. The highest BCUT2D eigenvalue weighted by molar-refractivity contribution is 5.93. The number of benzene rings is 1. The molecule has 4 heteroatoms. The summed E-state index contributed by atoms with van der Waals surface area (Å²) in [5, 5.41) is 11.6. The Balaban J connectivity index is 2.58. The van der Waals surface area contributed by atoms with E-state index in [9.17, 15) is 9.90 Å². The Kier molecular flexibility index (Phi) is 2.24. The van der Waals surface area contributed by atoms with E-state index in [1.165, 1.54) is 0 Å². The van der Waals surface area contributed by atoms with Crippen molar-refractivity contribution in [1.29, 1.82) is 0 Å². The van der Waals surface area contributed by atoms with E-state index in [-0.39, 0.29) is 5.69 Å². The van der Waals surface area contributed by atoms with Crippen LogP contribution in [0.25, 0.3) is 10.9 Å². The maximum atomic E-state index is 10.7. The number of carbonyl (C=O) groups excluding carboxylic acids is 1. The summed E-state index contributed by atoms with van der Waals surface area (Å²) in [5.74, 6) is -1.18. The molecule has 0 aliphatic heterocycles. The first-order valence-corrected chi connectivity index (χ1v) is 5.04. The van der Waals surface area contributed by atoms with Crippen molar-refractivity contribution in [3.05, 3.63) is 30.0 Å². The van der Waals surface area contributed by atoms with E-state index in [0.717, 1.165) is 16.6 Å². The average molecular weight is 218 g/mol. The molecule has 2 rings (SSSR count). The molecule has 0 bridgehead atoms. The minimum absolute atomic E-state index is 0.119. The van der Waals surface area contributed by atoms with Crippen LogP contribution in [0.1, 0.15) is 10.5 Å². The zero-order valence-corrected chi connectivity index (χ0v) is 9.57. The highest BCUT2D eigenvalue weighted by atomic mass is 16.4. The van der Waals surface area contributed by atoms with E-state index in [1.54, 1.807) is 6.07 Å². The summed E-state index contributed by atoms with van der Waals surface area (Å²) >= 11 is 0. The van der Waals surface area contributed by atoms with Gasteiger partial charge in [0.25, 0.3) is 0 Å². The molecule has 1 aromatic carbocycles. The lowest BCUT2D eigenvalue weighted by molar-refractivity contribution is -0.255. The second-order valence-corrected chi connectivity index (χ2v) is 4.75. The Morgan fingerprint density at radius 2 is 1.94 bits per heavy atom. The minimum Gasteiger partial charge on any atom is -0.543 e. The van der Waals surface area contributed by atoms with Crippen molar-refractivity contribution >= 4 is 22.6 Å². The lowest BCUT2D eigenvalue weighted by Crippen LogP contribution is -2.34. The maximum Gasteiger partial charge on any atom is 0.132 e. The SMILES string of the molecule is C[N+](C)(C)c1ccc2[nH]c(C(=O)[O-])cc2c1. The Bertz CT molecular complexity index is 550. The number of H-pyrrole nitrogens is 1. The van der Waals surface area contributed by atoms with E-state index < -0.39 is 5.97 Å². The number of aromatic amines is 1. The fourth-order valence-electron chi connectivity index (χ4n) is 1.65. The smallest absolute Gasteiger partial charge is 0.132 e. The highest BCUT2D eigenvalue weighted by Crippen LogP contribution is 2.24. The maximum absolute atomic E-state index is 10.7. The fraction of sp³-hybridized carbons (Fsp3) is 0.250. The molecule has 0 fully saturated rings. The summed E-state index contributed by atoms with van der Waals surface area (Å²) in [5.41, 5.74) is 2.06. The predicted octanol–water partition coefficient (Wildman–Crippen LogP) is 0.728. The fourth-order valence-corrected chi connectivity index (χ4v) is 1.65. The summed E-state index contributed by atoms with van der Waals surface area (Å²) < 4.78 is 0.696. The van der Waals surface area contributed by atoms with E-state index in [1.807, 2.05) is 18.2 Å². The number of aromatic carboxylic acids is 1. The molecule has 0 aliphatic carbocycles. The number of nitrogens with one attached hydrogen (secondary N) is 1. The van der Waals surface area contributed by atoms with Gasteiger partial charge in [-0.2, -0.15) is 0 Å². The van der Waals surface area contributed by atoms with Crippen LogP contribution in [0.15, 0.2) is 24.3 Å². The van der Waals surface area contributed by atoms with Crippen molar-refractivity contribution in [1.82, 2.24) is 9.47 Å². The van der Waals surface area contributed by atoms with E-state index >= 15 is 0 Å². The number of rotatable bonds is 2. The number of carbonyl (C=O) groups is 1. The quantitative estimate of drug-likeness (QED) is 0.755. The first-order valence-electron chi connectivity index (χ1n) is 5.04.